The molecule has 1 aromatic heterocycles. The highest BCUT2D eigenvalue weighted by Crippen LogP contribution is 2.22. The van der Waals surface area contributed by atoms with Crippen molar-refractivity contribution in [3.8, 4) is 11.3 Å². The van der Waals surface area contributed by atoms with E-state index in [2.05, 4.69) is 54.5 Å². The first-order valence-electron chi connectivity index (χ1n) is 6.43. The Morgan fingerprint density at radius 3 is 2.42 bits per heavy atom. The minimum absolute atomic E-state index is 0.0456. The number of hydrogen-bond donors (Lipinski definition) is 1. The number of nitrogens with one attached hydrogen (secondary N) is 1. The number of benzene rings is 1. The zero-order valence-corrected chi connectivity index (χ0v) is 12.8. The van der Waals surface area contributed by atoms with Gasteiger partial charge in [0.2, 0.25) is 0 Å². The van der Waals surface area contributed by atoms with Gasteiger partial charge >= 0.3 is 0 Å². The molecule has 1 heterocycles. The number of hydrogen-bond acceptors (Lipinski definition) is 2. The molecule has 0 aliphatic heterocycles. The SMILES string of the molecule is CN(C)C(C)(C)Cn1c(-c2ccccc2)c[nH]c1=S. The summed E-state index contributed by atoms with van der Waals surface area (Å²) in [4.78, 5) is 5.38. The first kappa shape index (κ1) is 14.0. The lowest BCUT2D eigenvalue weighted by molar-refractivity contribution is 0.169. The molecule has 19 heavy (non-hydrogen) atoms. The molecular formula is C15H21N3S. The maximum Gasteiger partial charge on any atom is 0.177 e. The lowest BCUT2D eigenvalue weighted by atomic mass is 10.0. The summed E-state index contributed by atoms with van der Waals surface area (Å²) in [6, 6.07) is 10.3. The highest BCUT2D eigenvalue weighted by Gasteiger charge is 2.22. The molecule has 102 valence electrons. The van der Waals surface area contributed by atoms with E-state index < -0.39 is 0 Å². The summed E-state index contributed by atoms with van der Waals surface area (Å²) in [5, 5.41) is 0. The van der Waals surface area contributed by atoms with Crippen molar-refractivity contribution in [2.24, 2.45) is 0 Å². The van der Waals surface area contributed by atoms with Crippen molar-refractivity contribution in [2.75, 3.05) is 14.1 Å². The molecule has 0 bridgehead atoms. The zero-order valence-electron chi connectivity index (χ0n) is 12.0. The van der Waals surface area contributed by atoms with Crippen LogP contribution in [-0.2, 0) is 6.54 Å². The van der Waals surface area contributed by atoms with Gasteiger partial charge in [-0.15, -0.1) is 0 Å². The van der Waals surface area contributed by atoms with Gasteiger partial charge in [-0.1, -0.05) is 30.3 Å². The average Bonchev–Trinajstić information content (AvgIpc) is 2.71. The molecular weight excluding hydrogens is 254 g/mol. The van der Waals surface area contributed by atoms with E-state index in [1.54, 1.807) is 0 Å². The molecule has 0 unspecified atom stereocenters. The van der Waals surface area contributed by atoms with E-state index >= 15 is 0 Å². The Balaban J connectivity index is 2.42. The van der Waals surface area contributed by atoms with E-state index in [1.165, 1.54) is 5.56 Å². The largest absolute Gasteiger partial charge is 0.337 e. The van der Waals surface area contributed by atoms with Gasteiger partial charge in [0.1, 0.15) is 0 Å². The van der Waals surface area contributed by atoms with Crippen molar-refractivity contribution in [3.63, 3.8) is 0 Å². The topological polar surface area (TPSA) is 24.0 Å². The van der Waals surface area contributed by atoms with E-state index in [0.717, 1.165) is 17.0 Å². The van der Waals surface area contributed by atoms with Crippen molar-refractivity contribution in [1.82, 2.24) is 14.5 Å². The van der Waals surface area contributed by atoms with Crippen molar-refractivity contribution in [2.45, 2.75) is 25.9 Å². The lowest BCUT2D eigenvalue weighted by Gasteiger charge is -2.33. The number of H-pyrrole nitrogens is 1. The minimum atomic E-state index is 0.0456. The highest BCUT2D eigenvalue weighted by molar-refractivity contribution is 7.71. The maximum absolute atomic E-state index is 5.42. The fraction of sp³-hybridized carbons (Fsp3) is 0.400. The van der Waals surface area contributed by atoms with Gasteiger partial charge in [-0.2, -0.15) is 0 Å². The Labute approximate surface area is 119 Å². The van der Waals surface area contributed by atoms with Gasteiger partial charge in [-0.05, 0) is 45.7 Å². The summed E-state index contributed by atoms with van der Waals surface area (Å²) in [5.41, 5.74) is 2.37. The second-order valence-electron chi connectivity index (χ2n) is 5.64. The predicted octanol–water partition coefficient (Wildman–Crippen LogP) is 3.55. The third-order valence-corrected chi connectivity index (χ3v) is 4.03. The van der Waals surface area contributed by atoms with Crippen molar-refractivity contribution in [3.05, 3.63) is 41.3 Å². The summed E-state index contributed by atoms with van der Waals surface area (Å²) < 4.78 is 2.94. The van der Waals surface area contributed by atoms with Crippen LogP contribution in [0.15, 0.2) is 36.5 Å². The quantitative estimate of drug-likeness (QED) is 0.863. The highest BCUT2D eigenvalue weighted by atomic mass is 32.1. The van der Waals surface area contributed by atoms with Crippen LogP contribution in [0.2, 0.25) is 0 Å². The molecule has 0 radical (unpaired) electrons. The molecule has 0 amide bonds. The van der Waals surface area contributed by atoms with Gasteiger partial charge in [-0.3, -0.25) is 0 Å². The fourth-order valence-electron chi connectivity index (χ4n) is 1.93. The molecule has 3 nitrogen and oxygen atoms in total. The van der Waals surface area contributed by atoms with Crippen LogP contribution >= 0.6 is 12.2 Å². The third kappa shape index (κ3) is 2.96. The van der Waals surface area contributed by atoms with Crippen LogP contribution in [0.3, 0.4) is 0 Å². The predicted molar refractivity (Wildman–Crippen MR) is 82.8 cm³/mol. The van der Waals surface area contributed by atoms with Gasteiger partial charge in [0.25, 0.3) is 0 Å². The summed E-state index contributed by atoms with van der Waals surface area (Å²) in [6.45, 7) is 5.29. The number of nitrogens with zero attached hydrogens (tertiary/aromatic N) is 2. The summed E-state index contributed by atoms with van der Waals surface area (Å²) in [6.07, 6.45) is 1.99. The molecule has 0 saturated heterocycles. The molecule has 2 rings (SSSR count). The number of imidazole rings is 1. The van der Waals surface area contributed by atoms with Crippen LogP contribution in [0.1, 0.15) is 13.8 Å². The smallest absolute Gasteiger partial charge is 0.177 e. The van der Waals surface area contributed by atoms with Crippen molar-refractivity contribution < 1.29 is 0 Å². The van der Waals surface area contributed by atoms with Crippen LogP contribution in [0.25, 0.3) is 11.3 Å². The molecule has 0 saturated carbocycles. The molecule has 0 atom stereocenters. The Hall–Kier alpha value is -1.39. The number of aromatic amines is 1. The van der Waals surface area contributed by atoms with E-state index in [-0.39, 0.29) is 5.54 Å². The Kier molecular flexibility index (Phi) is 3.92. The van der Waals surface area contributed by atoms with E-state index in [1.807, 2.05) is 24.4 Å². The first-order chi connectivity index (χ1) is 8.92. The number of likely N-dealkylation sites (N-methyl/N-ethyl adjacent to an activating group) is 1. The number of aromatic nitrogens is 2. The minimum Gasteiger partial charge on any atom is -0.337 e. The standard InChI is InChI=1S/C15H21N3S/c1-15(2,17(3)4)11-18-13(10-16-14(18)19)12-8-6-5-7-9-12/h5-10H,11H2,1-4H3,(H,16,19). The normalized spacial score (nSPS) is 12.1. The fourth-order valence-corrected chi connectivity index (χ4v) is 2.15. The summed E-state index contributed by atoms with van der Waals surface area (Å²) >= 11 is 5.42. The van der Waals surface area contributed by atoms with E-state index in [4.69, 9.17) is 12.2 Å². The van der Waals surface area contributed by atoms with Gasteiger partial charge < -0.3 is 14.5 Å². The molecule has 4 heteroatoms. The van der Waals surface area contributed by atoms with Gasteiger partial charge in [0.15, 0.2) is 4.77 Å². The van der Waals surface area contributed by atoms with Gasteiger partial charge in [0, 0.05) is 18.3 Å². The second-order valence-corrected chi connectivity index (χ2v) is 6.02. The molecule has 0 fully saturated rings. The molecule has 2 aromatic rings. The summed E-state index contributed by atoms with van der Waals surface area (Å²) in [5.74, 6) is 0. The lowest BCUT2D eigenvalue weighted by Crippen LogP contribution is -2.42. The van der Waals surface area contributed by atoms with Crippen molar-refractivity contribution in [1.29, 1.82) is 0 Å². The molecule has 0 aliphatic carbocycles. The van der Waals surface area contributed by atoms with E-state index in [0.29, 0.717) is 0 Å². The van der Waals surface area contributed by atoms with Crippen molar-refractivity contribution >= 4 is 12.2 Å². The molecule has 0 spiro atoms. The second kappa shape index (κ2) is 5.31. The molecule has 1 N–H and O–H groups in total. The molecule has 1 aromatic carbocycles. The van der Waals surface area contributed by atoms with Gasteiger partial charge in [-0.25, -0.2) is 0 Å². The zero-order chi connectivity index (χ0) is 14.0. The van der Waals surface area contributed by atoms with Gasteiger partial charge in [0.05, 0.1) is 5.69 Å². The van der Waals surface area contributed by atoms with Crippen LogP contribution < -0.4 is 0 Å². The van der Waals surface area contributed by atoms with Crippen LogP contribution in [0.4, 0.5) is 0 Å². The third-order valence-electron chi connectivity index (χ3n) is 3.69. The van der Waals surface area contributed by atoms with Crippen LogP contribution in [-0.4, -0.2) is 34.1 Å². The monoisotopic (exact) mass is 275 g/mol. The Bertz CT molecular complexity index is 593. The number of rotatable bonds is 4. The van der Waals surface area contributed by atoms with Crippen LogP contribution in [0.5, 0.6) is 0 Å². The average molecular weight is 275 g/mol. The van der Waals surface area contributed by atoms with E-state index in [9.17, 15) is 0 Å². The molecule has 0 aliphatic rings. The first-order valence-corrected chi connectivity index (χ1v) is 6.84. The Morgan fingerprint density at radius 1 is 1.21 bits per heavy atom. The maximum atomic E-state index is 5.42. The van der Waals surface area contributed by atoms with Crippen LogP contribution in [0, 0.1) is 4.77 Å². The Morgan fingerprint density at radius 2 is 1.84 bits per heavy atom. The summed E-state index contributed by atoms with van der Waals surface area (Å²) in [7, 11) is 4.19.